The molecule has 0 saturated heterocycles. The fraction of sp³-hybridized carbons (Fsp3) is 0. The number of hydrogen-bond donors (Lipinski definition) is 0. The molecule has 0 nitrogen and oxygen atoms in total. The fourth-order valence-corrected chi connectivity index (χ4v) is 1.58. The zero-order valence-corrected chi connectivity index (χ0v) is 7.18. The van der Waals surface area contributed by atoms with E-state index >= 15 is 0 Å². The van der Waals surface area contributed by atoms with Gasteiger partial charge < -0.3 is 0 Å². The molecule has 0 fully saturated rings. The van der Waals surface area contributed by atoms with Crippen molar-refractivity contribution in [3.8, 4) is 0 Å². The summed E-state index contributed by atoms with van der Waals surface area (Å²) in [5.41, 5.74) is 0.707. The third-order valence-corrected chi connectivity index (χ3v) is 2.15. The second-order valence-electron chi connectivity index (χ2n) is 2.72. The average molecular weight is 172 g/mol. The minimum absolute atomic E-state index is 0.707. The lowest BCUT2D eigenvalue weighted by Gasteiger charge is -2.01. The van der Waals surface area contributed by atoms with Gasteiger partial charge in [-0.15, -0.1) is 0 Å². The predicted octanol–water partition coefficient (Wildman–Crippen LogP) is 2.29. The van der Waals surface area contributed by atoms with Crippen LogP contribution in [-0.4, -0.2) is 7.85 Å². The van der Waals surface area contributed by atoms with E-state index in [0.717, 1.165) is 10.8 Å². The average Bonchev–Trinajstić information content (AvgIpc) is 2.04. The Morgan fingerprint density at radius 3 is 2.67 bits per heavy atom. The molecule has 0 aromatic heterocycles. The van der Waals surface area contributed by atoms with Crippen LogP contribution in [0.5, 0.6) is 0 Å². The van der Waals surface area contributed by atoms with Crippen molar-refractivity contribution in [2.75, 3.05) is 0 Å². The van der Waals surface area contributed by atoms with Crippen LogP contribution < -0.4 is 5.46 Å². The Balaban J connectivity index is 2.89. The van der Waals surface area contributed by atoms with Gasteiger partial charge in [-0.25, -0.2) is 0 Å². The van der Waals surface area contributed by atoms with Crippen molar-refractivity contribution in [3.05, 3.63) is 41.4 Å². The fourth-order valence-electron chi connectivity index (χ4n) is 1.29. The van der Waals surface area contributed by atoms with Gasteiger partial charge in [-0.1, -0.05) is 47.4 Å². The molecule has 56 valence electrons. The monoisotopic (exact) mass is 172 g/mol. The molecule has 0 aliphatic heterocycles. The highest BCUT2D eigenvalue weighted by atomic mass is 35.5. The van der Waals surface area contributed by atoms with E-state index in [0.29, 0.717) is 10.5 Å². The van der Waals surface area contributed by atoms with Crippen LogP contribution >= 0.6 is 11.6 Å². The minimum Gasteiger partial charge on any atom is -0.0946 e. The molecule has 2 heteroatoms. The maximum Gasteiger partial charge on any atom is 0.113 e. The summed E-state index contributed by atoms with van der Waals surface area (Å²) in [4.78, 5) is 0. The zero-order chi connectivity index (χ0) is 8.55. The van der Waals surface area contributed by atoms with E-state index in [1.165, 1.54) is 0 Å². The lowest BCUT2D eigenvalue weighted by molar-refractivity contribution is 1.78. The van der Waals surface area contributed by atoms with Gasteiger partial charge in [0.25, 0.3) is 0 Å². The molecular formula is C10H6BCl. The Kier molecular flexibility index (Phi) is 1.82. The number of halogens is 1. The Hall–Kier alpha value is -0.945. The van der Waals surface area contributed by atoms with Crippen LogP contribution in [-0.2, 0) is 0 Å². The van der Waals surface area contributed by atoms with Gasteiger partial charge in [0, 0.05) is 10.4 Å². The van der Waals surface area contributed by atoms with Crippen LogP contribution in [0.4, 0.5) is 0 Å². The Labute approximate surface area is 77.6 Å². The Bertz CT molecular complexity index is 423. The third-order valence-electron chi connectivity index (χ3n) is 1.83. The first-order valence-electron chi connectivity index (χ1n) is 3.71. The van der Waals surface area contributed by atoms with Crippen molar-refractivity contribution < 1.29 is 0 Å². The van der Waals surface area contributed by atoms with Gasteiger partial charge in [0.15, 0.2) is 0 Å². The molecule has 2 aromatic rings. The maximum absolute atomic E-state index is 5.98. The van der Waals surface area contributed by atoms with Crippen molar-refractivity contribution in [3.63, 3.8) is 0 Å². The summed E-state index contributed by atoms with van der Waals surface area (Å²) in [6.45, 7) is 0. The summed E-state index contributed by atoms with van der Waals surface area (Å²) >= 11 is 5.98. The van der Waals surface area contributed by atoms with Crippen LogP contribution in [0, 0.1) is 0 Å². The van der Waals surface area contributed by atoms with Crippen LogP contribution in [0.1, 0.15) is 0 Å². The molecule has 12 heavy (non-hydrogen) atoms. The van der Waals surface area contributed by atoms with Crippen LogP contribution in [0.25, 0.3) is 10.8 Å². The molecule has 2 aromatic carbocycles. The Morgan fingerprint density at radius 2 is 1.83 bits per heavy atom. The van der Waals surface area contributed by atoms with E-state index in [2.05, 4.69) is 0 Å². The third kappa shape index (κ3) is 1.21. The first-order chi connectivity index (χ1) is 5.77. The molecule has 2 radical (unpaired) electrons. The van der Waals surface area contributed by atoms with Crippen LogP contribution in [0.2, 0.25) is 5.02 Å². The summed E-state index contributed by atoms with van der Waals surface area (Å²) in [6, 6.07) is 11.6. The van der Waals surface area contributed by atoms with E-state index in [-0.39, 0.29) is 0 Å². The van der Waals surface area contributed by atoms with Crippen molar-refractivity contribution in [2.45, 2.75) is 0 Å². The van der Waals surface area contributed by atoms with E-state index < -0.39 is 0 Å². The smallest absolute Gasteiger partial charge is 0.0946 e. The number of hydrogen-bond acceptors (Lipinski definition) is 0. The molecule has 0 atom stereocenters. The summed E-state index contributed by atoms with van der Waals surface area (Å²) in [5.74, 6) is 0. The van der Waals surface area contributed by atoms with Crippen molar-refractivity contribution >= 4 is 35.7 Å². The van der Waals surface area contributed by atoms with Gasteiger partial charge in [-0.05, 0) is 11.5 Å². The largest absolute Gasteiger partial charge is 0.113 e. The first-order valence-corrected chi connectivity index (χ1v) is 4.09. The van der Waals surface area contributed by atoms with Gasteiger partial charge in [0.05, 0.1) is 0 Å². The standard InChI is InChI=1S/C10H6BCl/c11-8-5-7-3-1-2-4-9(7)10(12)6-8/h1-6H. The molecule has 0 unspecified atom stereocenters. The molecule has 2 rings (SSSR count). The highest BCUT2D eigenvalue weighted by molar-refractivity contribution is 6.40. The summed E-state index contributed by atoms with van der Waals surface area (Å²) < 4.78 is 0. The van der Waals surface area contributed by atoms with Crippen molar-refractivity contribution in [2.24, 2.45) is 0 Å². The molecule has 0 aliphatic carbocycles. The summed E-state index contributed by atoms with van der Waals surface area (Å²) in [6.07, 6.45) is 0. The van der Waals surface area contributed by atoms with Crippen molar-refractivity contribution in [1.82, 2.24) is 0 Å². The highest BCUT2D eigenvalue weighted by Gasteiger charge is 1.97. The molecule has 0 spiro atoms. The van der Waals surface area contributed by atoms with E-state index in [4.69, 9.17) is 19.4 Å². The molecule has 0 N–H and O–H groups in total. The number of benzene rings is 2. The second kappa shape index (κ2) is 2.83. The van der Waals surface area contributed by atoms with Gasteiger partial charge in [-0.2, -0.15) is 0 Å². The van der Waals surface area contributed by atoms with Crippen molar-refractivity contribution in [1.29, 1.82) is 0 Å². The van der Waals surface area contributed by atoms with Gasteiger partial charge in [-0.3, -0.25) is 0 Å². The Morgan fingerprint density at radius 1 is 1.08 bits per heavy atom. The molecular weight excluding hydrogens is 166 g/mol. The normalized spacial score (nSPS) is 10.4. The van der Waals surface area contributed by atoms with E-state index in [9.17, 15) is 0 Å². The molecule has 0 aliphatic rings. The van der Waals surface area contributed by atoms with Crippen LogP contribution in [0.15, 0.2) is 36.4 Å². The first kappa shape index (κ1) is 7.69. The second-order valence-corrected chi connectivity index (χ2v) is 3.13. The number of fused-ring (bicyclic) bond motifs is 1. The van der Waals surface area contributed by atoms with Gasteiger partial charge in [0.1, 0.15) is 7.85 Å². The van der Waals surface area contributed by atoms with E-state index in [1.54, 1.807) is 6.07 Å². The van der Waals surface area contributed by atoms with E-state index in [1.807, 2.05) is 30.3 Å². The minimum atomic E-state index is 0.707. The summed E-state index contributed by atoms with van der Waals surface area (Å²) in [5, 5.41) is 2.85. The summed E-state index contributed by atoms with van der Waals surface area (Å²) in [7, 11) is 5.64. The molecule has 0 bridgehead atoms. The van der Waals surface area contributed by atoms with Gasteiger partial charge in [0.2, 0.25) is 0 Å². The SMILES string of the molecule is [B]c1cc(Cl)c2ccccc2c1. The maximum atomic E-state index is 5.98. The van der Waals surface area contributed by atoms with Gasteiger partial charge >= 0.3 is 0 Å². The lowest BCUT2D eigenvalue weighted by atomic mass is 9.93. The zero-order valence-electron chi connectivity index (χ0n) is 6.42. The molecule has 0 saturated carbocycles. The number of rotatable bonds is 0. The van der Waals surface area contributed by atoms with Crippen LogP contribution in [0.3, 0.4) is 0 Å². The molecule has 0 amide bonds. The molecule has 0 heterocycles. The lowest BCUT2D eigenvalue weighted by Crippen LogP contribution is -2.00. The quantitative estimate of drug-likeness (QED) is 0.535. The predicted molar refractivity (Wildman–Crippen MR) is 54.3 cm³/mol. The topological polar surface area (TPSA) is 0 Å². The highest BCUT2D eigenvalue weighted by Crippen LogP contribution is 2.20.